The summed E-state index contributed by atoms with van der Waals surface area (Å²) in [5.41, 5.74) is 1.71. The molecule has 1 heterocycles. The largest absolute Gasteiger partial charge is 0.481 e. The van der Waals surface area contributed by atoms with Crippen LogP contribution in [0.25, 0.3) is 0 Å². The van der Waals surface area contributed by atoms with E-state index in [1.165, 1.54) is 0 Å². The van der Waals surface area contributed by atoms with E-state index in [0.717, 1.165) is 31.4 Å². The van der Waals surface area contributed by atoms with E-state index >= 15 is 0 Å². The van der Waals surface area contributed by atoms with Crippen molar-refractivity contribution in [2.75, 3.05) is 0 Å². The summed E-state index contributed by atoms with van der Waals surface area (Å²) in [5.74, 6) is -0.564. The number of hydrogen-bond acceptors (Lipinski definition) is 3. The molecule has 1 aromatic heterocycles. The third-order valence-electron chi connectivity index (χ3n) is 4.60. The van der Waals surface area contributed by atoms with E-state index in [9.17, 15) is 9.59 Å². The summed E-state index contributed by atoms with van der Waals surface area (Å²) < 4.78 is 1.80. The van der Waals surface area contributed by atoms with Gasteiger partial charge in [0.2, 0.25) is 0 Å². The van der Waals surface area contributed by atoms with Crippen molar-refractivity contribution < 1.29 is 14.7 Å². The quantitative estimate of drug-likeness (QED) is 0.883. The normalized spacial score (nSPS) is 25.6. The van der Waals surface area contributed by atoms with Crippen molar-refractivity contribution in [3.05, 3.63) is 17.5 Å². The lowest BCUT2D eigenvalue weighted by molar-refractivity contribution is -0.142. The molecule has 0 aliphatic heterocycles. The molecule has 0 atom stereocenters. The predicted octanol–water partition coefficient (Wildman–Crippen LogP) is 1.67. The first kappa shape index (κ1) is 14.1. The van der Waals surface area contributed by atoms with Crippen LogP contribution in [0.2, 0.25) is 0 Å². The zero-order valence-corrected chi connectivity index (χ0v) is 12.2. The predicted molar refractivity (Wildman–Crippen MR) is 76.0 cm³/mol. The van der Waals surface area contributed by atoms with Crippen LogP contribution in [-0.2, 0) is 11.8 Å². The van der Waals surface area contributed by atoms with Gasteiger partial charge in [-0.25, -0.2) is 0 Å². The molecule has 0 spiro atoms. The molecule has 3 rings (SSSR count). The number of hydrogen-bond donors (Lipinski definition) is 2. The van der Waals surface area contributed by atoms with Crippen LogP contribution in [-0.4, -0.2) is 32.8 Å². The minimum Gasteiger partial charge on any atom is -0.481 e. The van der Waals surface area contributed by atoms with Crippen LogP contribution in [0.1, 0.15) is 60.5 Å². The molecule has 114 valence electrons. The van der Waals surface area contributed by atoms with Crippen LogP contribution in [0.15, 0.2) is 6.20 Å². The second kappa shape index (κ2) is 5.50. The second-order valence-electron chi connectivity index (χ2n) is 6.20. The van der Waals surface area contributed by atoms with Crippen molar-refractivity contribution in [2.24, 2.45) is 13.0 Å². The van der Waals surface area contributed by atoms with Crippen LogP contribution in [0.3, 0.4) is 0 Å². The summed E-state index contributed by atoms with van der Waals surface area (Å²) in [6, 6.07) is 0.0837. The number of carbonyl (C=O) groups excluding carboxylic acids is 1. The summed E-state index contributed by atoms with van der Waals surface area (Å²) in [6.45, 7) is 0. The molecule has 1 aromatic rings. The van der Waals surface area contributed by atoms with Crippen LogP contribution in [0, 0.1) is 5.92 Å². The van der Waals surface area contributed by atoms with Gasteiger partial charge in [-0.3, -0.25) is 14.3 Å². The van der Waals surface area contributed by atoms with Crippen LogP contribution < -0.4 is 5.32 Å². The molecule has 6 nitrogen and oxygen atoms in total. The molecule has 1 amide bonds. The maximum absolute atomic E-state index is 12.4. The lowest BCUT2D eigenvalue weighted by Crippen LogP contribution is -2.39. The number of carboxylic acid groups (broad SMARTS) is 1. The molecular formula is C15H21N3O3. The average Bonchev–Trinajstić information content (AvgIpc) is 3.22. The molecule has 6 heteroatoms. The first-order valence-corrected chi connectivity index (χ1v) is 7.62. The number of nitrogens with one attached hydrogen (secondary N) is 1. The van der Waals surface area contributed by atoms with Gasteiger partial charge in [-0.05, 0) is 38.5 Å². The van der Waals surface area contributed by atoms with Crippen molar-refractivity contribution in [3.63, 3.8) is 0 Å². The van der Waals surface area contributed by atoms with E-state index in [4.69, 9.17) is 5.11 Å². The number of carboxylic acids is 1. The van der Waals surface area contributed by atoms with Gasteiger partial charge in [0, 0.05) is 19.0 Å². The van der Waals surface area contributed by atoms with Crippen LogP contribution in [0.5, 0.6) is 0 Å². The summed E-state index contributed by atoms with van der Waals surface area (Å²) in [7, 11) is 1.88. The van der Waals surface area contributed by atoms with Crippen molar-refractivity contribution in [1.82, 2.24) is 15.1 Å². The van der Waals surface area contributed by atoms with E-state index in [1.54, 1.807) is 10.9 Å². The molecule has 2 aliphatic carbocycles. The van der Waals surface area contributed by atoms with Gasteiger partial charge in [0.05, 0.1) is 23.4 Å². The summed E-state index contributed by atoms with van der Waals surface area (Å²) in [4.78, 5) is 23.3. The third kappa shape index (κ3) is 2.94. The molecular weight excluding hydrogens is 270 g/mol. The summed E-state index contributed by atoms with van der Waals surface area (Å²) in [5, 5.41) is 16.2. The highest BCUT2D eigenvalue weighted by Crippen LogP contribution is 2.41. The maximum Gasteiger partial charge on any atom is 0.306 e. The Morgan fingerprint density at radius 1 is 1.24 bits per heavy atom. The highest BCUT2D eigenvalue weighted by Gasteiger charge is 2.33. The standard InChI is InChI=1S/C15H21N3O3/c1-18-13(9-2-3-9)12(8-16-18)14(19)17-11-6-4-10(5-7-11)15(20)21/h8-11H,2-7H2,1H3,(H,17,19)(H,20,21). The Bertz CT molecular complexity index is 555. The molecule has 0 bridgehead atoms. The molecule has 2 fully saturated rings. The number of carbonyl (C=O) groups is 2. The highest BCUT2D eigenvalue weighted by molar-refractivity contribution is 5.95. The van der Waals surface area contributed by atoms with Gasteiger partial charge in [0.15, 0.2) is 0 Å². The molecule has 21 heavy (non-hydrogen) atoms. The molecule has 0 unspecified atom stereocenters. The van der Waals surface area contributed by atoms with E-state index in [1.807, 2.05) is 7.05 Å². The van der Waals surface area contributed by atoms with E-state index in [-0.39, 0.29) is 17.9 Å². The second-order valence-corrected chi connectivity index (χ2v) is 6.20. The minimum absolute atomic E-state index is 0.0659. The smallest absolute Gasteiger partial charge is 0.306 e. The van der Waals surface area contributed by atoms with Crippen molar-refractivity contribution in [1.29, 1.82) is 0 Å². The SMILES string of the molecule is Cn1ncc(C(=O)NC2CCC(C(=O)O)CC2)c1C1CC1. The Morgan fingerprint density at radius 2 is 1.90 bits per heavy atom. The number of aryl methyl sites for hydroxylation is 1. The van der Waals surface area contributed by atoms with Gasteiger partial charge in [0.25, 0.3) is 5.91 Å². The van der Waals surface area contributed by atoms with Gasteiger partial charge in [0.1, 0.15) is 0 Å². The topological polar surface area (TPSA) is 84.2 Å². The van der Waals surface area contributed by atoms with Gasteiger partial charge in [-0.1, -0.05) is 0 Å². The van der Waals surface area contributed by atoms with Gasteiger partial charge < -0.3 is 10.4 Å². The van der Waals surface area contributed by atoms with Crippen LogP contribution in [0.4, 0.5) is 0 Å². The summed E-state index contributed by atoms with van der Waals surface area (Å²) in [6.07, 6.45) is 6.66. The Kier molecular flexibility index (Phi) is 3.69. The lowest BCUT2D eigenvalue weighted by atomic mass is 9.86. The van der Waals surface area contributed by atoms with E-state index < -0.39 is 5.97 Å². The van der Waals surface area contributed by atoms with Crippen molar-refractivity contribution in [3.8, 4) is 0 Å². The van der Waals surface area contributed by atoms with Crippen LogP contribution >= 0.6 is 0 Å². The highest BCUT2D eigenvalue weighted by atomic mass is 16.4. The monoisotopic (exact) mass is 291 g/mol. The van der Waals surface area contributed by atoms with E-state index in [0.29, 0.717) is 24.3 Å². The Balaban J connectivity index is 1.61. The lowest BCUT2D eigenvalue weighted by Gasteiger charge is -2.26. The third-order valence-corrected chi connectivity index (χ3v) is 4.60. The first-order valence-electron chi connectivity index (χ1n) is 7.62. The van der Waals surface area contributed by atoms with Gasteiger partial charge in [-0.2, -0.15) is 5.10 Å². The van der Waals surface area contributed by atoms with Gasteiger partial charge >= 0.3 is 5.97 Å². The number of rotatable bonds is 4. The first-order chi connectivity index (χ1) is 10.1. The van der Waals surface area contributed by atoms with Crippen molar-refractivity contribution >= 4 is 11.9 Å². The van der Waals surface area contributed by atoms with Gasteiger partial charge in [-0.15, -0.1) is 0 Å². The molecule has 2 saturated carbocycles. The molecule has 0 radical (unpaired) electrons. The zero-order valence-electron chi connectivity index (χ0n) is 12.2. The van der Waals surface area contributed by atoms with E-state index in [2.05, 4.69) is 10.4 Å². The average molecular weight is 291 g/mol. The number of amides is 1. The number of aliphatic carboxylic acids is 1. The minimum atomic E-state index is -0.719. The molecule has 0 saturated heterocycles. The zero-order chi connectivity index (χ0) is 15.0. The fourth-order valence-electron chi connectivity index (χ4n) is 3.21. The number of aromatic nitrogens is 2. The Labute approximate surface area is 123 Å². The Hall–Kier alpha value is -1.85. The summed E-state index contributed by atoms with van der Waals surface area (Å²) >= 11 is 0. The molecule has 2 aliphatic rings. The fraction of sp³-hybridized carbons (Fsp3) is 0.667. The maximum atomic E-state index is 12.4. The van der Waals surface area contributed by atoms with Crippen molar-refractivity contribution in [2.45, 2.75) is 50.5 Å². The fourth-order valence-corrected chi connectivity index (χ4v) is 3.21. The number of nitrogens with zero attached hydrogens (tertiary/aromatic N) is 2. The molecule has 0 aromatic carbocycles. The molecule has 2 N–H and O–H groups in total. The Morgan fingerprint density at radius 3 is 2.48 bits per heavy atom.